The summed E-state index contributed by atoms with van der Waals surface area (Å²) in [4.78, 5) is 14.2. The van der Waals surface area contributed by atoms with Gasteiger partial charge in [-0.1, -0.05) is 12.1 Å². The molecule has 0 fully saturated rings. The van der Waals surface area contributed by atoms with E-state index in [0.717, 1.165) is 10.9 Å². The fourth-order valence-corrected chi connectivity index (χ4v) is 1.84. The Morgan fingerprint density at radius 2 is 2.35 bits per heavy atom. The van der Waals surface area contributed by atoms with Gasteiger partial charge in [-0.05, 0) is 11.6 Å². The third-order valence-electron chi connectivity index (χ3n) is 2.72. The highest BCUT2D eigenvalue weighted by atomic mass is 16.5. The number of carbonyl (C=O) groups excluding carboxylic acids is 1. The zero-order valence-corrected chi connectivity index (χ0v) is 9.43. The number of ether oxygens (including phenoxy) is 1. The van der Waals surface area contributed by atoms with Crippen molar-refractivity contribution in [3.63, 3.8) is 0 Å². The number of nitrogens with two attached hydrogens (primary N) is 1. The van der Waals surface area contributed by atoms with E-state index in [0.29, 0.717) is 11.9 Å². The van der Waals surface area contributed by atoms with Crippen molar-refractivity contribution in [2.45, 2.75) is 12.5 Å². The molecule has 1 unspecified atom stereocenters. The Morgan fingerprint density at radius 1 is 1.59 bits per heavy atom. The maximum Gasteiger partial charge on any atom is 0.322 e. The first-order valence-corrected chi connectivity index (χ1v) is 5.25. The molecule has 0 bridgehead atoms. The van der Waals surface area contributed by atoms with Gasteiger partial charge in [-0.15, -0.1) is 0 Å². The minimum Gasteiger partial charge on any atom is -0.506 e. The van der Waals surface area contributed by atoms with Crippen molar-refractivity contribution in [2.75, 3.05) is 7.11 Å². The van der Waals surface area contributed by atoms with E-state index in [2.05, 4.69) is 9.72 Å². The van der Waals surface area contributed by atoms with Gasteiger partial charge in [-0.2, -0.15) is 0 Å². The van der Waals surface area contributed by atoms with Gasteiger partial charge in [0.25, 0.3) is 0 Å². The number of carbonyl (C=O) groups is 1. The summed E-state index contributed by atoms with van der Waals surface area (Å²) in [7, 11) is 1.31. The van der Waals surface area contributed by atoms with E-state index < -0.39 is 12.0 Å². The average Bonchev–Trinajstić information content (AvgIpc) is 2.73. The van der Waals surface area contributed by atoms with E-state index in [1.807, 2.05) is 6.07 Å². The van der Waals surface area contributed by atoms with Crippen LogP contribution in [0.25, 0.3) is 10.9 Å². The van der Waals surface area contributed by atoms with Crippen LogP contribution in [0.15, 0.2) is 24.4 Å². The second-order valence-corrected chi connectivity index (χ2v) is 3.85. The first-order chi connectivity index (χ1) is 8.13. The molecular formula is C12H14N2O3. The summed E-state index contributed by atoms with van der Waals surface area (Å²) in [5.74, 6) is -0.264. The van der Waals surface area contributed by atoms with Crippen LogP contribution in [0, 0.1) is 0 Å². The van der Waals surface area contributed by atoms with E-state index in [9.17, 15) is 9.90 Å². The Morgan fingerprint density at radius 3 is 3.06 bits per heavy atom. The summed E-state index contributed by atoms with van der Waals surface area (Å²) < 4.78 is 4.57. The van der Waals surface area contributed by atoms with E-state index in [-0.39, 0.29) is 5.75 Å². The predicted molar refractivity (Wildman–Crippen MR) is 63.7 cm³/mol. The van der Waals surface area contributed by atoms with E-state index in [1.54, 1.807) is 18.3 Å². The highest BCUT2D eigenvalue weighted by Crippen LogP contribution is 2.26. The lowest BCUT2D eigenvalue weighted by atomic mass is 10.1. The molecule has 4 N–H and O–H groups in total. The van der Waals surface area contributed by atoms with Crippen LogP contribution in [-0.2, 0) is 16.0 Å². The van der Waals surface area contributed by atoms with Gasteiger partial charge in [0.1, 0.15) is 11.8 Å². The number of methoxy groups -OCH3 is 1. The molecule has 0 radical (unpaired) electrons. The number of aromatic nitrogens is 1. The minimum atomic E-state index is -0.693. The molecule has 0 saturated heterocycles. The number of fused-ring (bicyclic) bond motifs is 1. The van der Waals surface area contributed by atoms with Crippen LogP contribution in [0.3, 0.4) is 0 Å². The second kappa shape index (κ2) is 4.47. The third-order valence-corrected chi connectivity index (χ3v) is 2.72. The number of hydrogen-bond donors (Lipinski definition) is 3. The number of hydrogen-bond acceptors (Lipinski definition) is 4. The van der Waals surface area contributed by atoms with Gasteiger partial charge in [0.15, 0.2) is 0 Å². The highest BCUT2D eigenvalue weighted by Gasteiger charge is 2.16. The van der Waals surface area contributed by atoms with Crippen molar-refractivity contribution in [1.29, 1.82) is 0 Å². The molecular weight excluding hydrogens is 220 g/mol. The molecule has 2 rings (SSSR count). The van der Waals surface area contributed by atoms with Crippen LogP contribution in [0.5, 0.6) is 5.75 Å². The topological polar surface area (TPSA) is 88.3 Å². The largest absolute Gasteiger partial charge is 0.506 e. The Hall–Kier alpha value is -2.01. The average molecular weight is 234 g/mol. The molecule has 0 aliphatic carbocycles. The van der Waals surface area contributed by atoms with E-state index >= 15 is 0 Å². The lowest BCUT2D eigenvalue weighted by molar-refractivity contribution is -0.142. The first kappa shape index (κ1) is 11.5. The molecule has 0 aliphatic rings. The molecule has 17 heavy (non-hydrogen) atoms. The summed E-state index contributed by atoms with van der Waals surface area (Å²) in [6, 6.07) is 4.52. The number of rotatable bonds is 3. The Kier molecular flexibility index (Phi) is 3.01. The van der Waals surface area contributed by atoms with Gasteiger partial charge in [0.2, 0.25) is 0 Å². The number of para-hydroxylation sites is 1. The van der Waals surface area contributed by atoms with Crippen LogP contribution < -0.4 is 5.73 Å². The number of esters is 1. The molecule has 0 saturated carbocycles. The number of nitrogens with one attached hydrogen (secondary N) is 1. The number of aromatic hydroxyl groups is 1. The zero-order valence-electron chi connectivity index (χ0n) is 9.43. The Labute approximate surface area is 98.2 Å². The smallest absolute Gasteiger partial charge is 0.322 e. The summed E-state index contributed by atoms with van der Waals surface area (Å²) >= 11 is 0. The lowest BCUT2D eigenvalue weighted by Crippen LogP contribution is -2.33. The first-order valence-electron chi connectivity index (χ1n) is 5.25. The van der Waals surface area contributed by atoms with Gasteiger partial charge in [0.05, 0.1) is 12.6 Å². The van der Waals surface area contributed by atoms with Crippen LogP contribution in [0.1, 0.15) is 5.56 Å². The molecule has 0 spiro atoms. The molecule has 2 aromatic rings. The summed E-state index contributed by atoms with van der Waals surface area (Å²) in [5.41, 5.74) is 7.23. The number of H-pyrrole nitrogens is 1. The fourth-order valence-electron chi connectivity index (χ4n) is 1.84. The van der Waals surface area contributed by atoms with E-state index in [4.69, 9.17) is 5.73 Å². The molecule has 1 aromatic carbocycles. The summed E-state index contributed by atoms with van der Waals surface area (Å²) in [6.45, 7) is 0. The number of phenolic OH excluding ortho intramolecular Hbond substituents is 1. The number of aromatic amines is 1. The normalized spacial score (nSPS) is 12.6. The van der Waals surface area contributed by atoms with Gasteiger partial charge >= 0.3 is 5.97 Å². The maximum absolute atomic E-state index is 11.2. The van der Waals surface area contributed by atoms with Crippen LogP contribution in [-0.4, -0.2) is 29.2 Å². The lowest BCUT2D eigenvalue weighted by Gasteiger charge is -2.07. The molecule has 5 heteroatoms. The van der Waals surface area contributed by atoms with Crippen LogP contribution in [0.2, 0.25) is 0 Å². The molecule has 5 nitrogen and oxygen atoms in total. The van der Waals surface area contributed by atoms with Crippen molar-refractivity contribution < 1.29 is 14.6 Å². The molecule has 90 valence electrons. The highest BCUT2D eigenvalue weighted by molar-refractivity contribution is 5.88. The fraction of sp³-hybridized carbons (Fsp3) is 0.250. The monoisotopic (exact) mass is 234 g/mol. The van der Waals surface area contributed by atoms with Crippen molar-refractivity contribution >= 4 is 16.9 Å². The van der Waals surface area contributed by atoms with Gasteiger partial charge < -0.3 is 20.6 Å². The third kappa shape index (κ3) is 2.09. The maximum atomic E-state index is 11.2. The predicted octanol–water partition coefficient (Wildman–Crippen LogP) is 0.916. The SMILES string of the molecule is COC(=O)C(N)Cc1c[nH]c2c(O)cccc12. The van der Waals surface area contributed by atoms with Crippen molar-refractivity contribution in [3.05, 3.63) is 30.0 Å². The van der Waals surface area contributed by atoms with E-state index in [1.165, 1.54) is 7.11 Å². The minimum absolute atomic E-state index is 0.181. The molecule has 1 aromatic heterocycles. The quantitative estimate of drug-likeness (QED) is 0.689. The van der Waals surface area contributed by atoms with Crippen LogP contribution >= 0.6 is 0 Å². The number of phenols is 1. The van der Waals surface area contributed by atoms with Gasteiger partial charge in [-0.3, -0.25) is 4.79 Å². The zero-order chi connectivity index (χ0) is 12.4. The number of benzene rings is 1. The summed E-state index contributed by atoms with van der Waals surface area (Å²) in [6.07, 6.45) is 2.11. The molecule has 0 aliphatic heterocycles. The Bertz CT molecular complexity index is 548. The van der Waals surface area contributed by atoms with Gasteiger partial charge in [-0.25, -0.2) is 0 Å². The molecule has 1 heterocycles. The Balaban J connectivity index is 2.31. The van der Waals surface area contributed by atoms with Crippen molar-refractivity contribution in [2.24, 2.45) is 5.73 Å². The van der Waals surface area contributed by atoms with Crippen LogP contribution in [0.4, 0.5) is 0 Å². The van der Waals surface area contributed by atoms with Crippen molar-refractivity contribution in [1.82, 2.24) is 4.98 Å². The van der Waals surface area contributed by atoms with Crippen molar-refractivity contribution in [3.8, 4) is 5.75 Å². The van der Waals surface area contributed by atoms with Gasteiger partial charge in [0, 0.05) is 18.0 Å². The molecule has 1 atom stereocenters. The molecule has 0 amide bonds. The standard InChI is InChI=1S/C12H14N2O3/c1-17-12(16)9(13)5-7-6-14-11-8(7)3-2-4-10(11)15/h2-4,6,9,14-15H,5,13H2,1H3. The second-order valence-electron chi connectivity index (χ2n) is 3.85. The summed E-state index contributed by atoms with van der Waals surface area (Å²) in [5, 5.41) is 10.5.